The largest absolute Gasteiger partial charge is 0.497 e. The van der Waals surface area contributed by atoms with Crippen LogP contribution in [0.15, 0.2) is 47.4 Å². The standard InChI is InChI=1S/C18H17ClF3NO3S/c1-26-15-7-2-12(3-8-15)11-23(14-5-6-14)27(24,25)17-10-13(18(20,21)22)4-9-16(17)19/h2-4,7-10,14H,5-6,11H2,1H3. The molecule has 0 radical (unpaired) electrons. The molecule has 0 N–H and O–H groups in total. The summed E-state index contributed by atoms with van der Waals surface area (Å²) in [4.78, 5) is -0.528. The van der Waals surface area contributed by atoms with Crippen LogP contribution in [0.1, 0.15) is 24.0 Å². The number of halogens is 4. The Morgan fingerprint density at radius 3 is 2.30 bits per heavy atom. The third-order valence-electron chi connectivity index (χ3n) is 4.30. The molecule has 0 amide bonds. The molecular weight excluding hydrogens is 403 g/mol. The van der Waals surface area contributed by atoms with Crippen LogP contribution >= 0.6 is 11.6 Å². The number of methoxy groups -OCH3 is 1. The molecular formula is C18H17ClF3NO3S. The summed E-state index contributed by atoms with van der Waals surface area (Å²) < 4.78 is 71.5. The fourth-order valence-electron chi connectivity index (χ4n) is 2.69. The minimum atomic E-state index is -4.66. The molecule has 1 fully saturated rings. The van der Waals surface area contributed by atoms with E-state index in [9.17, 15) is 21.6 Å². The Morgan fingerprint density at radius 1 is 1.15 bits per heavy atom. The third kappa shape index (κ3) is 4.39. The van der Waals surface area contributed by atoms with Crippen molar-refractivity contribution < 1.29 is 26.3 Å². The van der Waals surface area contributed by atoms with E-state index in [1.807, 2.05) is 0 Å². The Kier molecular flexibility index (Phi) is 5.42. The molecule has 0 heterocycles. The second-order valence-electron chi connectivity index (χ2n) is 6.27. The van der Waals surface area contributed by atoms with Crippen molar-refractivity contribution in [3.63, 3.8) is 0 Å². The summed E-state index contributed by atoms with van der Waals surface area (Å²) in [5.74, 6) is 0.625. The van der Waals surface area contributed by atoms with Crippen molar-refractivity contribution in [3.8, 4) is 5.75 Å². The van der Waals surface area contributed by atoms with Gasteiger partial charge in [-0.15, -0.1) is 0 Å². The van der Waals surface area contributed by atoms with Gasteiger partial charge in [-0.3, -0.25) is 0 Å². The summed E-state index contributed by atoms with van der Waals surface area (Å²) in [6.45, 7) is 0.0452. The summed E-state index contributed by atoms with van der Waals surface area (Å²) in [6, 6.07) is 8.93. The van der Waals surface area contributed by atoms with E-state index in [4.69, 9.17) is 16.3 Å². The second kappa shape index (κ2) is 7.33. The van der Waals surface area contributed by atoms with Crippen LogP contribution in [-0.4, -0.2) is 25.9 Å². The first-order valence-corrected chi connectivity index (χ1v) is 9.96. The van der Waals surface area contributed by atoms with Crippen LogP contribution in [-0.2, 0) is 22.7 Å². The molecule has 3 rings (SSSR count). The molecule has 27 heavy (non-hydrogen) atoms. The number of nitrogens with zero attached hydrogens (tertiary/aromatic N) is 1. The molecule has 146 valence electrons. The smallest absolute Gasteiger partial charge is 0.416 e. The number of hydrogen-bond donors (Lipinski definition) is 0. The fourth-order valence-corrected chi connectivity index (χ4v) is 4.86. The first-order chi connectivity index (χ1) is 12.6. The zero-order chi connectivity index (χ0) is 19.8. The van der Waals surface area contributed by atoms with E-state index in [1.165, 1.54) is 11.4 Å². The molecule has 0 aromatic heterocycles. The van der Waals surface area contributed by atoms with Gasteiger partial charge in [-0.25, -0.2) is 8.42 Å². The fraction of sp³-hybridized carbons (Fsp3) is 0.333. The van der Waals surface area contributed by atoms with E-state index in [0.717, 1.165) is 12.1 Å². The van der Waals surface area contributed by atoms with Crippen LogP contribution in [0.5, 0.6) is 5.75 Å². The Labute approximate surface area is 160 Å². The van der Waals surface area contributed by atoms with Gasteiger partial charge in [0, 0.05) is 12.6 Å². The molecule has 0 aliphatic heterocycles. The Hall–Kier alpha value is -1.77. The number of benzene rings is 2. The zero-order valence-electron chi connectivity index (χ0n) is 14.3. The van der Waals surface area contributed by atoms with Gasteiger partial charge in [-0.2, -0.15) is 17.5 Å². The van der Waals surface area contributed by atoms with E-state index in [2.05, 4.69) is 0 Å². The summed E-state index contributed by atoms with van der Waals surface area (Å²) in [7, 11) is -2.68. The Balaban J connectivity index is 1.97. The highest BCUT2D eigenvalue weighted by Crippen LogP contribution is 2.38. The highest BCUT2D eigenvalue weighted by molar-refractivity contribution is 7.89. The summed E-state index contributed by atoms with van der Waals surface area (Å²) >= 11 is 5.95. The van der Waals surface area contributed by atoms with Crippen LogP contribution in [0.2, 0.25) is 5.02 Å². The van der Waals surface area contributed by atoms with Gasteiger partial charge in [0.1, 0.15) is 10.6 Å². The van der Waals surface area contributed by atoms with Gasteiger partial charge in [0.05, 0.1) is 17.7 Å². The third-order valence-corrected chi connectivity index (χ3v) is 6.68. The minimum Gasteiger partial charge on any atom is -0.497 e. The van der Waals surface area contributed by atoms with E-state index < -0.39 is 26.7 Å². The lowest BCUT2D eigenvalue weighted by Gasteiger charge is -2.23. The van der Waals surface area contributed by atoms with Crippen molar-refractivity contribution in [1.29, 1.82) is 0 Å². The Morgan fingerprint density at radius 2 is 1.78 bits per heavy atom. The molecule has 4 nitrogen and oxygen atoms in total. The van der Waals surface area contributed by atoms with Gasteiger partial charge in [0.25, 0.3) is 0 Å². The molecule has 0 spiro atoms. The second-order valence-corrected chi connectivity index (χ2v) is 8.54. The highest BCUT2D eigenvalue weighted by atomic mass is 35.5. The molecule has 2 aromatic rings. The minimum absolute atomic E-state index is 0.0452. The van der Waals surface area contributed by atoms with Crippen molar-refractivity contribution in [3.05, 3.63) is 58.6 Å². The van der Waals surface area contributed by atoms with Crippen LogP contribution in [0.4, 0.5) is 13.2 Å². The summed E-state index contributed by atoms with van der Waals surface area (Å²) in [6.07, 6.45) is -3.34. The van der Waals surface area contributed by atoms with Gasteiger partial charge in [-0.1, -0.05) is 23.7 Å². The van der Waals surface area contributed by atoms with Gasteiger partial charge >= 0.3 is 6.18 Å². The van der Waals surface area contributed by atoms with E-state index in [-0.39, 0.29) is 17.6 Å². The quantitative estimate of drug-likeness (QED) is 0.680. The maximum atomic E-state index is 13.1. The molecule has 1 aliphatic carbocycles. The average Bonchev–Trinajstić information content (AvgIpc) is 3.44. The van der Waals surface area contributed by atoms with Gasteiger partial charge in [0.2, 0.25) is 10.0 Å². The van der Waals surface area contributed by atoms with Crippen molar-refractivity contribution in [2.45, 2.75) is 36.5 Å². The molecule has 2 aromatic carbocycles. The number of alkyl halides is 3. The number of ether oxygens (including phenoxy) is 1. The van der Waals surface area contributed by atoms with Gasteiger partial charge < -0.3 is 4.74 Å². The molecule has 0 saturated heterocycles. The predicted octanol–water partition coefficient (Wildman–Crippen LogP) is 4.72. The van der Waals surface area contributed by atoms with Crippen LogP contribution < -0.4 is 4.74 Å². The summed E-state index contributed by atoms with van der Waals surface area (Å²) in [5, 5.41) is -0.233. The molecule has 0 bridgehead atoms. The first-order valence-electron chi connectivity index (χ1n) is 8.14. The number of hydrogen-bond acceptors (Lipinski definition) is 3. The number of rotatable bonds is 6. The highest BCUT2D eigenvalue weighted by Gasteiger charge is 2.40. The van der Waals surface area contributed by atoms with Crippen molar-refractivity contribution in [1.82, 2.24) is 4.31 Å². The van der Waals surface area contributed by atoms with Crippen molar-refractivity contribution in [2.24, 2.45) is 0 Å². The van der Waals surface area contributed by atoms with Crippen LogP contribution in [0.25, 0.3) is 0 Å². The topological polar surface area (TPSA) is 46.6 Å². The predicted molar refractivity (Wildman–Crippen MR) is 95.2 cm³/mol. The molecule has 1 saturated carbocycles. The van der Waals surface area contributed by atoms with Gasteiger partial charge in [-0.05, 0) is 48.7 Å². The van der Waals surface area contributed by atoms with E-state index in [0.29, 0.717) is 30.2 Å². The van der Waals surface area contributed by atoms with E-state index >= 15 is 0 Å². The monoisotopic (exact) mass is 419 g/mol. The maximum absolute atomic E-state index is 13.1. The molecule has 9 heteroatoms. The molecule has 0 atom stereocenters. The maximum Gasteiger partial charge on any atom is 0.416 e. The lowest BCUT2D eigenvalue weighted by Crippen LogP contribution is -2.33. The first kappa shape index (κ1) is 20.0. The molecule has 1 aliphatic rings. The van der Waals surface area contributed by atoms with Crippen molar-refractivity contribution >= 4 is 21.6 Å². The lowest BCUT2D eigenvalue weighted by atomic mass is 10.2. The summed E-state index contributed by atoms with van der Waals surface area (Å²) in [5.41, 5.74) is -0.347. The zero-order valence-corrected chi connectivity index (χ0v) is 15.9. The van der Waals surface area contributed by atoms with Gasteiger partial charge in [0.15, 0.2) is 0 Å². The van der Waals surface area contributed by atoms with E-state index in [1.54, 1.807) is 24.3 Å². The lowest BCUT2D eigenvalue weighted by molar-refractivity contribution is -0.137. The molecule has 0 unspecified atom stereocenters. The normalized spacial score (nSPS) is 15.2. The van der Waals surface area contributed by atoms with Crippen molar-refractivity contribution in [2.75, 3.05) is 7.11 Å². The van der Waals surface area contributed by atoms with Crippen LogP contribution in [0.3, 0.4) is 0 Å². The van der Waals surface area contributed by atoms with Crippen LogP contribution in [0, 0.1) is 0 Å². The average molecular weight is 420 g/mol. The number of sulfonamides is 1. The Bertz CT molecular complexity index is 926. The SMILES string of the molecule is COc1ccc(CN(C2CC2)S(=O)(=O)c2cc(C(F)(F)F)ccc2Cl)cc1.